The van der Waals surface area contributed by atoms with Gasteiger partial charge in [-0.1, -0.05) is 20.8 Å². The first-order valence-electron chi connectivity index (χ1n) is 7.85. The molecule has 2 rings (SSSR count). The van der Waals surface area contributed by atoms with Crippen LogP contribution in [0.1, 0.15) is 66.6 Å². The van der Waals surface area contributed by atoms with E-state index in [9.17, 15) is 9.90 Å². The number of rotatable bonds is 4. The first kappa shape index (κ1) is 16.5. The van der Waals surface area contributed by atoms with Crippen molar-refractivity contribution in [1.82, 2.24) is 5.32 Å². The minimum atomic E-state index is -0.731. The molecule has 0 aromatic carbocycles. The summed E-state index contributed by atoms with van der Waals surface area (Å²) in [5.41, 5.74) is 0.825. The van der Waals surface area contributed by atoms with Gasteiger partial charge in [0.05, 0.1) is 10.5 Å². The molecule has 4 heteroatoms. The van der Waals surface area contributed by atoms with E-state index in [-0.39, 0.29) is 5.91 Å². The van der Waals surface area contributed by atoms with E-state index < -0.39 is 5.60 Å². The zero-order valence-electron chi connectivity index (χ0n) is 13.6. The van der Waals surface area contributed by atoms with Crippen LogP contribution in [-0.4, -0.2) is 23.2 Å². The number of carbonyl (C=O) groups excluding carboxylic acids is 1. The van der Waals surface area contributed by atoms with Crippen molar-refractivity contribution in [3.8, 4) is 0 Å². The van der Waals surface area contributed by atoms with E-state index in [0.29, 0.717) is 12.0 Å². The largest absolute Gasteiger partial charge is 0.388 e. The maximum absolute atomic E-state index is 12.2. The molecule has 1 heterocycles. The molecule has 1 aromatic heterocycles. The topological polar surface area (TPSA) is 49.3 Å². The third kappa shape index (κ3) is 4.07. The van der Waals surface area contributed by atoms with Gasteiger partial charge in [-0.05, 0) is 56.1 Å². The van der Waals surface area contributed by atoms with Gasteiger partial charge in [0.15, 0.2) is 0 Å². The molecule has 1 aliphatic rings. The van der Waals surface area contributed by atoms with Gasteiger partial charge in [0.25, 0.3) is 5.91 Å². The van der Waals surface area contributed by atoms with Gasteiger partial charge in [-0.3, -0.25) is 4.79 Å². The Balaban J connectivity index is 1.91. The molecule has 1 aliphatic carbocycles. The molecule has 3 nitrogen and oxygen atoms in total. The Hall–Kier alpha value is -0.870. The van der Waals surface area contributed by atoms with E-state index in [4.69, 9.17) is 0 Å². The van der Waals surface area contributed by atoms with Crippen LogP contribution in [0.15, 0.2) is 6.07 Å². The molecule has 1 fully saturated rings. The summed E-state index contributed by atoms with van der Waals surface area (Å²) in [5.74, 6) is -0.0546. The number of thiophene rings is 1. The van der Waals surface area contributed by atoms with Crippen molar-refractivity contribution in [1.29, 1.82) is 0 Å². The van der Waals surface area contributed by atoms with Crippen molar-refractivity contribution < 1.29 is 9.90 Å². The Morgan fingerprint density at radius 2 is 1.95 bits per heavy atom. The SMILES string of the molecule is CCc1cc(C(=O)NCC2(O)CCC(C)(C)CC2)sc1C. The van der Waals surface area contributed by atoms with E-state index in [1.165, 1.54) is 21.8 Å². The highest BCUT2D eigenvalue weighted by atomic mass is 32.1. The number of hydrogen-bond acceptors (Lipinski definition) is 3. The Morgan fingerprint density at radius 1 is 1.33 bits per heavy atom. The van der Waals surface area contributed by atoms with Crippen LogP contribution >= 0.6 is 11.3 Å². The van der Waals surface area contributed by atoms with Crippen molar-refractivity contribution in [2.24, 2.45) is 5.41 Å². The van der Waals surface area contributed by atoms with Gasteiger partial charge >= 0.3 is 0 Å². The van der Waals surface area contributed by atoms with E-state index in [1.807, 2.05) is 6.07 Å². The van der Waals surface area contributed by atoms with Crippen LogP contribution in [0.2, 0.25) is 0 Å². The van der Waals surface area contributed by atoms with Gasteiger partial charge < -0.3 is 10.4 Å². The van der Waals surface area contributed by atoms with Crippen LogP contribution < -0.4 is 5.32 Å². The quantitative estimate of drug-likeness (QED) is 0.891. The molecule has 0 saturated heterocycles. The summed E-state index contributed by atoms with van der Waals surface area (Å²) in [7, 11) is 0. The van der Waals surface area contributed by atoms with E-state index in [0.717, 1.165) is 37.0 Å². The standard InChI is InChI=1S/C17H27NO2S/c1-5-13-10-14(21-12(13)2)15(19)18-11-17(20)8-6-16(3,4)7-9-17/h10,20H,5-9,11H2,1-4H3,(H,18,19). The average molecular weight is 309 g/mol. The summed E-state index contributed by atoms with van der Waals surface area (Å²) >= 11 is 1.54. The van der Waals surface area contributed by atoms with Crippen molar-refractivity contribution in [2.75, 3.05) is 6.54 Å². The second-order valence-corrected chi connectivity index (χ2v) is 8.37. The Bertz CT molecular complexity index is 509. The summed E-state index contributed by atoms with van der Waals surface area (Å²) in [6, 6.07) is 1.98. The average Bonchev–Trinajstić information content (AvgIpc) is 2.81. The normalized spacial score (nSPS) is 20.2. The van der Waals surface area contributed by atoms with Crippen LogP contribution in [0, 0.1) is 12.3 Å². The second-order valence-electron chi connectivity index (χ2n) is 7.12. The third-order valence-electron chi connectivity index (χ3n) is 4.74. The zero-order chi connectivity index (χ0) is 15.7. The number of nitrogens with one attached hydrogen (secondary N) is 1. The number of carbonyl (C=O) groups is 1. The minimum absolute atomic E-state index is 0.0546. The maximum atomic E-state index is 12.2. The lowest BCUT2D eigenvalue weighted by Crippen LogP contribution is -2.46. The second kappa shape index (κ2) is 6.09. The van der Waals surface area contributed by atoms with Crippen LogP contribution in [0.4, 0.5) is 0 Å². The highest BCUT2D eigenvalue weighted by molar-refractivity contribution is 7.14. The van der Waals surface area contributed by atoms with E-state index >= 15 is 0 Å². The van der Waals surface area contributed by atoms with Gasteiger partial charge in [0.1, 0.15) is 0 Å². The third-order valence-corrected chi connectivity index (χ3v) is 5.83. The van der Waals surface area contributed by atoms with Crippen molar-refractivity contribution >= 4 is 17.2 Å². The fourth-order valence-corrected chi connectivity index (χ4v) is 3.91. The van der Waals surface area contributed by atoms with Gasteiger partial charge in [-0.25, -0.2) is 0 Å². The predicted molar refractivity (Wildman–Crippen MR) is 88.0 cm³/mol. The highest BCUT2D eigenvalue weighted by Gasteiger charge is 2.36. The summed E-state index contributed by atoms with van der Waals surface area (Å²) in [5, 5.41) is 13.5. The van der Waals surface area contributed by atoms with E-state index in [1.54, 1.807) is 0 Å². The Kier molecular flexibility index (Phi) is 4.79. The lowest BCUT2D eigenvalue weighted by molar-refractivity contribution is -0.0232. The van der Waals surface area contributed by atoms with Gasteiger partial charge in [0.2, 0.25) is 0 Å². The molecular weight excluding hydrogens is 282 g/mol. The van der Waals surface area contributed by atoms with Gasteiger partial charge in [-0.2, -0.15) is 0 Å². The molecule has 1 aromatic rings. The van der Waals surface area contributed by atoms with Crippen LogP contribution in [0.5, 0.6) is 0 Å². The predicted octanol–water partition coefficient (Wildman–Crippen LogP) is 3.68. The number of aliphatic hydroxyl groups is 1. The molecule has 0 aliphatic heterocycles. The summed E-state index contributed by atoms with van der Waals surface area (Å²) in [6.45, 7) is 9.00. The molecule has 0 spiro atoms. The fourth-order valence-electron chi connectivity index (χ4n) is 2.88. The smallest absolute Gasteiger partial charge is 0.261 e. The molecule has 0 unspecified atom stereocenters. The molecular formula is C17H27NO2S. The number of hydrogen-bond donors (Lipinski definition) is 2. The van der Waals surface area contributed by atoms with Crippen LogP contribution in [0.3, 0.4) is 0 Å². The molecule has 0 atom stereocenters. The molecule has 0 radical (unpaired) electrons. The molecule has 21 heavy (non-hydrogen) atoms. The Labute approximate surface area is 131 Å². The van der Waals surface area contributed by atoms with Crippen LogP contribution in [-0.2, 0) is 6.42 Å². The lowest BCUT2D eigenvalue weighted by Gasteiger charge is -2.40. The van der Waals surface area contributed by atoms with Crippen molar-refractivity contribution in [2.45, 2.75) is 65.4 Å². The minimum Gasteiger partial charge on any atom is -0.388 e. The molecule has 0 bridgehead atoms. The van der Waals surface area contributed by atoms with Crippen LogP contribution in [0.25, 0.3) is 0 Å². The first-order valence-corrected chi connectivity index (χ1v) is 8.66. The molecule has 2 N–H and O–H groups in total. The van der Waals surface area contributed by atoms with Crippen molar-refractivity contribution in [3.63, 3.8) is 0 Å². The number of amides is 1. The highest BCUT2D eigenvalue weighted by Crippen LogP contribution is 2.39. The van der Waals surface area contributed by atoms with Gasteiger partial charge in [0, 0.05) is 11.4 Å². The van der Waals surface area contributed by atoms with Gasteiger partial charge in [-0.15, -0.1) is 11.3 Å². The zero-order valence-corrected chi connectivity index (χ0v) is 14.4. The first-order chi connectivity index (χ1) is 9.75. The monoisotopic (exact) mass is 309 g/mol. The molecule has 1 saturated carbocycles. The summed E-state index contributed by atoms with van der Waals surface area (Å²) in [6.07, 6.45) is 4.51. The molecule has 118 valence electrons. The van der Waals surface area contributed by atoms with E-state index in [2.05, 4.69) is 33.0 Å². The number of aryl methyl sites for hydroxylation is 2. The summed E-state index contributed by atoms with van der Waals surface area (Å²) in [4.78, 5) is 14.2. The fraction of sp³-hybridized carbons (Fsp3) is 0.706. The summed E-state index contributed by atoms with van der Waals surface area (Å²) < 4.78 is 0. The Morgan fingerprint density at radius 3 is 2.48 bits per heavy atom. The lowest BCUT2D eigenvalue weighted by atomic mass is 9.71. The molecule has 1 amide bonds. The maximum Gasteiger partial charge on any atom is 0.261 e. The van der Waals surface area contributed by atoms with Crippen molar-refractivity contribution in [3.05, 3.63) is 21.4 Å².